The van der Waals surface area contributed by atoms with E-state index in [1.807, 2.05) is 43.6 Å². The van der Waals surface area contributed by atoms with Gasteiger partial charge >= 0.3 is 0 Å². The Bertz CT molecular complexity index is 802. The summed E-state index contributed by atoms with van der Waals surface area (Å²) in [7, 11) is 2.04. The second-order valence-electron chi connectivity index (χ2n) is 7.43. The molecule has 2 aliphatic carbocycles. The van der Waals surface area contributed by atoms with Crippen molar-refractivity contribution in [2.24, 2.45) is 17.8 Å². The number of nitrogens with zero attached hydrogens (tertiary/aromatic N) is 2. The number of nitrogens with one attached hydrogen (secondary N) is 1. The molecule has 0 saturated heterocycles. The highest BCUT2D eigenvalue weighted by molar-refractivity contribution is 5.80. The van der Waals surface area contributed by atoms with Gasteiger partial charge in [0.05, 0.1) is 0 Å². The third kappa shape index (κ3) is 3.50. The molecule has 26 heavy (non-hydrogen) atoms. The minimum absolute atomic E-state index is 0.146. The van der Waals surface area contributed by atoms with Gasteiger partial charge in [-0.2, -0.15) is 0 Å². The van der Waals surface area contributed by atoms with Crippen molar-refractivity contribution in [3.63, 3.8) is 0 Å². The first-order valence-corrected chi connectivity index (χ1v) is 9.35. The fraction of sp³-hybridized carbons (Fsp3) is 0.364. The third-order valence-electron chi connectivity index (χ3n) is 5.56. The van der Waals surface area contributed by atoms with Crippen molar-refractivity contribution >= 4 is 11.7 Å². The smallest absolute Gasteiger partial charge is 0.223 e. The average molecular weight is 347 g/mol. The van der Waals surface area contributed by atoms with Crippen LogP contribution in [0.3, 0.4) is 0 Å². The number of hydrogen-bond donors (Lipinski definition) is 1. The van der Waals surface area contributed by atoms with Crippen molar-refractivity contribution in [3.8, 4) is 0 Å². The Kier molecular flexibility index (Phi) is 4.74. The van der Waals surface area contributed by atoms with Crippen LogP contribution in [0.5, 0.6) is 0 Å². The minimum atomic E-state index is 0.146. The van der Waals surface area contributed by atoms with E-state index in [1.54, 1.807) is 0 Å². The highest BCUT2D eigenvalue weighted by Gasteiger charge is 2.39. The van der Waals surface area contributed by atoms with Crippen LogP contribution in [0.1, 0.15) is 24.0 Å². The quantitative estimate of drug-likeness (QED) is 0.813. The summed E-state index contributed by atoms with van der Waals surface area (Å²) in [6.45, 7) is 1.31. The molecule has 1 amide bonds. The molecule has 2 aliphatic rings. The van der Waals surface area contributed by atoms with Crippen molar-refractivity contribution in [3.05, 3.63) is 71.9 Å². The molecule has 1 aromatic heterocycles. The lowest BCUT2D eigenvalue weighted by Crippen LogP contribution is -2.33. The second kappa shape index (κ2) is 7.32. The minimum Gasteiger partial charge on any atom is -0.355 e. The standard InChI is InChI=1S/C22H25N3O/c1-25(15-16-6-3-2-4-7-16)21-19(8-5-11-23-21)14-24-22(26)20-13-17-9-10-18(20)12-17/h2-11,17-18,20H,12-15H2,1H3,(H,24,26)/t17-,18+,20+/m1/s1. The van der Waals surface area contributed by atoms with Gasteiger partial charge in [-0.25, -0.2) is 4.98 Å². The fourth-order valence-electron chi connectivity index (χ4n) is 4.24. The molecular formula is C22H25N3O. The van der Waals surface area contributed by atoms with E-state index < -0.39 is 0 Å². The Morgan fingerprint density at radius 1 is 1.15 bits per heavy atom. The number of amides is 1. The summed E-state index contributed by atoms with van der Waals surface area (Å²) in [6.07, 6.45) is 8.45. The maximum atomic E-state index is 12.6. The predicted molar refractivity (Wildman–Crippen MR) is 103 cm³/mol. The van der Waals surface area contributed by atoms with Gasteiger partial charge in [0.1, 0.15) is 5.82 Å². The SMILES string of the molecule is CN(Cc1ccccc1)c1ncccc1CNC(=O)[C@H]1C[C@@H]2C=C[C@H]1C2. The lowest BCUT2D eigenvalue weighted by atomic mass is 9.93. The van der Waals surface area contributed by atoms with Crippen LogP contribution in [0.4, 0.5) is 5.82 Å². The summed E-state index contributed by atoms with van der Waals surface area (Å²) in [4.78, 5) is 19.3. The van der Waals surface area contributed by atoms with E-state index in [1.165, 1.54) is 5.56 Å². The molecule has 1 aromatic carbocycles. The number of hydrogen-bond acceptors (Lipinski definition) is 3. The van der Waals surface area contributed by atoms with Gasteiger partial charge in [-0.3, -0.25) is 4.79 Å². The van der Waals surface area contributed by atoms with Gasteiger partial charge in [0.2, 0.25) is 5.91 Å². The second-order valence-corrected chi connectivity index (χ2v) is 7.43. The van der Waals surface area contributed by atoms with E-state index >= 15 is 0 Å². The number of aromatic nitrogens is 1. The maximum Gasteiger partial charge on any atom is 0.223 e. The van der Waals surface area contributed by atoms with E-state index in [4.69, 9.17) is 0 Å². The molecule has 4 rings (SSSR count). The summed E-state index contributed by atoms with van der Waals surface area (Å²) in [5.74, 6) is 2.30. The monoisotopic (exact) mass is 347 g/mol. The van der Waals surface area contributed by atoms with Crippen LogP contribution in [0.15, 0.2) is 60.8 Å². The first kappa shape index (κ1) is 16.8. The summed E-state index contributed by atoms with van der Waals surface area (Å²) < 4.78 is 0. The number of pyridine rings is 1. The molecule has 0 radical (unpaired) electrons. The summed E-state index contributed by atoms with van der Waals surface area (Å²) in [6, 6.07) is 14.3. The molecule has 0 unspecified atom stereocenters. The normalized spacial score (nSPS) is 23.2. The Hall–Kier alpha value is -2.62. The van der Waals surface area contributed by atoms with Crippen molar-refractivity contribution in [1.29, 1.82) is 0 Å². The molecule has 1 heterocycles. The van der Waals surface area contributed by atoms with Crippen molar-refractivity contribution < 1.29 is 4.79 Å². The molecule has 2 bridgehead atoms. The molecule has 0 spiro atoms. The third-order valence-corrected chi connectivity index (χ3v) is 5.56. The molecule has 4 nitrogen and oxygen atoms in total. The maximum absolute atomic E-state index is 12.6. The summed E-state index contributed by atoms with van der Waals surface area (Å²) in [5.41, 5.74) is 2.29. The Labute approximate surface area is 154 Å². The van der Waals surface area contributed by atoms with Gasteiger partial charge < -0.3 is 10.2 Å². The summed E-state index contributed by atoms with van der Waals surface area (Å²) >= 11 is 0. The zero-order chi connectivity index (χ0) is 17.9. The van der Waals surface area contributed by atoms with Crippen molar-refractivity contribution in [1.82, 2.24) is 10.3 Å². The van der Waals surface area contributed by atoms with Crippen LogP contribution in [0.25, 0.3) is 0 Å². The first-order chi connectivity index (χ1) is 12.7. The number of carbonyl (C=O) groups is 1. The van der Waals surface area contributed by atoms with Crippen molar-refractivity contribution in [2.75, 3.05) is 11.9 Å². The van der Waals surface area contributed by atoms with E-state index in [0.29, 0.717) is 18.4 Å². The van der Waals surface area contributed by atoms with Crippen LogP contribution < -0.4 is 10.2 Å². The predicted octanol–water partition coefficient (Wildman–Crippen LogP) is 3.55. The van der Waals surface area contributed by atoms with E-state index in [9.17, 15) is 4.79 Å². The molecule has 3 atom stereocenters. The number of anilines is 1. The molecule has 2 aromatic rings. The number of allylic oxidation sites excluding steroid dienone is 2. The zero-order valence-electron chi connectivity index (χ0n) is 15.1. The number of fused-ring (bicyclic) bond motifs is 2. The topological polar surface area (TPSA) is 45.2 Å². The van der Waals surface area contributed by atoms with Gasteiger partial charge in [0.25, 0.3) is 0 Å². The van der Waals surface area contributed by atoms with Gasteiger partial charge in [-0.1, -0.05) is 48.6 Å². The van der Waals surface area contributed by atoms with Gasteiger partial charge in [-0.05, 0) is 36.3 Å². The average Bonchev–Trinajstić information content (AvgIpc) is 3.31. The first-order valence-electron chi connectivity index (χ1n) is 9.35. The van der Waals surface area contributed by atoms with Crippen LogP contribution in [-0.2, 0) is 17.9 Å². The molecular weight excluding hydrogens is 322 g/mol. The van der Waals surface area contributed by atoms with Gasteiger partial charge in [0, 0.05) is 37.8 Å². The van der Waals surface area contributed by atoms with Crippen LogP contribution in [0.2, 0.25) is 0 Å². The van der Waals surface area contributed by atoms with Crippen LogP contribution in [0, 0.1) is 17.8 Å². The Morgan fingerprint density at radius 3 is 2.73 bits per heavy atom. The number of benzene rings is 1. The lowest BCUT2D eigenvalue weighted by Gasteiger charge is -2.22. The van der Waals surface area contributed by atoms with E-state index in [0.717, 1.165) is 30.8 Å². The van der Waals surface area contributed by atoms with E-state index in [2.05, 4.69) is 39.5 Å². The fourth-order valence-corrected chi connectivity index (χ4v) is 4.24. The Morgan fingerprint density at radius 2 is 2.00 bits per heavy atom. The number of rotatable bonds is 6. The number of carbonyl (C=O) groups excluding carboxylic acids is 1. The van der Waals surface area contributed by atoms with Crippen LogP contribution in [-0.4, -0.2) is 17.9 Å². The highest BCUT2D eigenvalue weighted by atomic mass is 16.1. The van der Waals surface area contributed by atoms with Crippen molar-refractivity contribution in [2.45, 2.75) is 25.9 Å². The summed E-state index contributed by atoms with van der Waals surface area (Å²) in [5, 5.41) is 3.15. The molecule has 1 N–H and O–H groups in total. The molecule has 4 heteroatoms. The van der Waals surface area contributed by atoms with Gasteiger partial charge in [0.15, 0.2) is 0 Å². The molecule has 134 valence electrons. The highest BCUT2D eigenvalue weighted by Crippen LogP contribution is 2.43. The van der Waals surface area contributed by atoms with Gasteiger partial charge in [-0.15, -0.1) is 0 Å². The lowest BCUT2D eigenvalue weighted by molar-refractivity contribution is -0.125. The molecule has 1 fully saturated rings. The molecule has 1 saturated carbocycles. The Balaban J connectivity index is 1.41. The molecule has 0 aliphatic heterocycles. The van der Waals surface area contributed by atoms with E-state index in [-0.39, 0.29) is 11.8 Å². The zero-order valence-corrected chi connectivity index (χ0v) is 15.1. The largest absolute Gasteiger partial charge is 0.355 e. The van der Waals surface area contributed by atoms with Crippen LogP contribution >= 0.6 is 0 Å².